The van der Waals surface area contributed by atoms with Gasteiger partial charge in [-0.05, 0) is 35.7 Å². The first-order valence-corrected chi connectivity index (χ1v) is 8.42. The topological polar surface area (TPSA) is 21.3 Å². The Hall–Kier alpha value is -1.45. The first kappa shape index (κ1) is 14.5. The first-order chi connectivity index (χ1) is 10.3. The Morgan fingerprint density at radius 3 is 2.67 bits per heavy atom. The Balaban J connectivity index is 1.76. The van der Waals surface area contributed by atoms with Crippen molar-refractivity contribution in [2.24, 2.45) is 0 Å². The number of hydrogen-bond donors (Lipinski definition) is 1. The van der Waals surface area contributed by atoms with E-state index in [1.54, 1.807) is 7.11 Å². The molecule has 0 aromatic heterocycles. The third-order valence-corrected chi connectivity index (χ3v) is 5.21. The second-order valence-corrected chi connectivity index (χ2v) is 6.36. The summed E-state index contributed by atoms with van der Waals surface area (Å²) in [5.41, 5.74) is 2.77. The summed E-state index contributed by atoms with van der Waals surface area (Å²) in [5.74, 6) is 2.03. The van der Waals surface area contributed by atoms with Crippen molar-refractivity contribution in [3.8, 4) is 5.75 Å². The minimum absolute atomic E-state index is 0.382. The SMILES string of the molecule is CCC(NC1CSc2ccccc21)c1ccc(OC)cc1. The van der Waals surface area contributed by atoms with Crippen LogP contribution in [0.15, 0.2) is 53.4 Å². The molecule has 1 N–H and O–H groups in total. The number of rotatable bonds is 5. The Labute approximate surface area is 130 Å². The van der Waals surface area contributed by atoms with Crippen molar-refractivity contribution >= 4 is 11.8 Å². The maximum absolute atomic E-state index is 5.24. The Morgan fingerprint density at radius 2 is 1.95 bits per heavy atom. The number of fused-ring (bicyclic) bond motifs is 1. The van der Waals surface area contributed by atoms with Gasteiger partial charge < -0.3 is 10.1 Å². The van der Waals surface area contributed by atoms with Gasteiger partial charge in [-0.15, -0.1) is 11.8 Å². The minimum atomic E-state index is 0.382. The molecular weight excluding hydrogens is 278 g/mol. The van der Waals surface area contributed by atoms with E-state index in [0.717, 1.165) is 17.9 Å². The van der Waals surface area contributed by atoms with Crippen molar-refractivity contribution in [3.63, 3.8) is 0 Å². The molecule has 21 heavy (non-hydrogen) atoms. The molecule has 2 nitrogen and oxygen atoms in total. The average molecular weight is 299 g/mol. The lowest BCUT2D eigenvalue weighted by Gasteiger charge is -2.23. The Morgan fingerprint density at radius 1 is 1.19 bits per heavy atom. The average Bonchev–Trinajstić information content (AvgIpc) is 2.96. The van der Waals surface area contributed by atoms with Crippen molar-refractivity contribution in [3.05, 3.63) is 59.7 Å². The van der Waals surface area contributed by atoms with Gasteiger partial charge in [-0.25, -0.2) is 0 Å². The summed E-state index contributed by atoms with van der Waals surface area (Å²) in [7, 11) is 1.71. The molecule has 2 aromatic rings. The normalized spacial score (nSPS) is 18.3. The molecule has 1 aliphatic rings. The van der Waals surface area contributed by atoms with Crippen molar-refractivity contribution in [2.75, 3.05) is 12.9 Å². The smallest absolute Gasteiger partial charge is 0.118 e. The predicted octanol–water partition coefficient (Wildman–Crippen LogP) is 4.58. The van der Waals surface area contributed by atoms with Gasteiger partial charge >= 0.3 is 0 Å². The van der Waals surface area contributed by atoms with Crippen molar-refractivity contribution in [1.82, 2.24) is 5.32 Å². The number of nitrogens with one attached hydrogen (secondary N) is 1. The molecule has 0 saturated heterocycles. The van der Waals surface area contributed by atoms with Crippen molar-refractivity contribution in [2.45, 2.75) is 30.3 Å². The lowest BCUT2D eigenvalue weighted by Crippen LogP contribution is -2.26. The highest BCUT2D eigenvalue weighted by atomic mass is 32.2. The molecule has 3 heteroatoms. The van der Waals surface area contributed by atoms with Gasteiger partial charge in [0, 0.05) is 22.7 Å². The zero-order valence-corrected chi connectivity index (χ0v) is 13.3. The zero-order valence-electron chi connectivity index (χ0n) is 12.5. The number of thioether (sulfide) groups is 1. The van der Waals surface area contributed by atoms with E-state index in [9.17, 15) is 0 Å². The van der Waals surface area contributed by atoms with Crippen LogP contribution < -0.4 is 10.1 Å². The number of ether oxygens (including phenoxy) is 1. The summed E-state index contributed by atoms with van der Waals surface area (Å²) >= 11 is 1.95. The molecule has 110 valence electrons. The summed E-state index contributed by atoms with van der Waals surface area (Å²) in [6.45, 7) is 2.23. The van der Waals surface area contributed by atoms with Gasteiger partial charge in [-0.3, -0.25) is 0 Å². The highest BCUT2D eigenvalue weighted by molar-refractivity contribution is 7.99. The van der Waals surface area contributed by atoms with E-state index in [-0.39, 0.29) is 0 Å². The number of benzene rings is 2. The fourth-order valence-electron chi connectivity index (χ4n) is 2.83. The molecule has 0 spiro atoms. The number of hydrogen-bond acceptors (Lipinski definition) is 3. The standard InChI is InChI=1S/C18H21NOS/c1-3-16(13-8-10-14(20-2)11-9-13)19-17-12-21-18-7-5-4-6-15(17)18/h4-11,16-17,19H,3,12H2,1-2H3. The second kappa shape index (κ2) is 6.54. The Kier molecular flexibility index (Phi) is 4.51. The molecule has 2 unspecified atom stereocenters. The molecule has 2 atom stereocenters. The van der Waals surface area contributed by atoms with Crippen LogP contribution in [0.5, 0.6) is 5.75 Å². The van der Waals surface area contributed by atoms with Crippen LogP contribution >= 0.6 is 11.8 Å². The highest BCUT2D eigenvalue weighted by Gasteiger charge is 2.24. The van der Waals surface area contributed by atoms with Gasteiger partial charge in [0.2, 0.25) is 0 Å². The predicted molar refractivity (Wildman–Crippen MR) is 89.1 cm³/mol. The van der Waals surface area contributed by atoms with Gasteiger partial charge in [-0.2, -0.15) is 0 Å². The Bertz CT molecular complexity index is 596. The molecule has 0 saturated carbocycles. The van der Waals surface area contributed by atoms with Crippen molar-refractivity contribution in [1.29, 1.82) is 0 Å². The van der Waals surface area contributed by atoms with Gasteiger partial charge in [0.25, 0.3) is 0 Å². The first-order valence-electron chi connectivity index (χ1n) is 7.43. The van der Waals surface area contributed by atoms with E-state index in [4.69, 9.17) is 4.74 Å². The molecule has 1 heterocycles. The summed E-state index contributed by atoms with van der Waals surface area (Å²) in [4.78, 5) is 1.42. The van der Waals surface area contributed by atoms with E-state index in [1.165, 1.54) is 16.0 Å². The maximum Gasteiger partial charge on any atom is 0.118 e. The zero-order chi connectivity index (χ0) is 14.7. The molecule has 0 bridgehead atoms. The third-order valence-electron chi connectivity index (χ3n) is 4.03. The van der Waals surface area contributed by atoms with E-state index in [1.807, 2.05) is 23.9 Å². The van der Waals surface area contributed by atoms with Crippen LogP contribution in [0, 0.1) is 0 Å². The summed E-state index contributed by atoms with van der Waals surface area (Å²) in [5, 5.41) is 3.81. The van der Waals surface area contributed by atoms with Crippen LogP contribution in [0.2, 0.25) is 0 Å². The van der Waals surface area contributed by atoms with Crippen LogP contribution in [0.1, 0.15) is 36.6 Å². The van der Waals surface area contributed by atoms with E-state index in [0.29, 0.717) is 12.1 Å². The van der Waals surface area contributed by atoms with Gasteiger partial charge in [0.1, 0.15) is 5.75 Å². The number of methoxy groups -OCH3 is 1. The molecule has 0 fully saturated rings. The van der Waals surface area contributed by atoms with E-state index >= 15 is 0 Å². The molecule has 3 rings (SSSR count). The molecule has 0 radical (unpaired) electrons. The monoisotopic (exact) mass is 299 g/mol. The summed E-state index contributed by atoms with van der Waals surface area (Å²) in [6.07, 6.45) is 1.08. The lowest BCUT2D eigenvalue weighted by molar-refractivity contribution is 0.413. The van der Waals surface area contributed by atoms with Crippen LogP contribution in [0.3, 0.4) is 0 Å². The second-order valence-electron chi connectivity index (χ2n) is 5.30. The quantitative estimate of drug-likeness (QED) is 0.873. The van der Waals surface area contributed by atoms with Gasteiger partial charge in [-0.1, -0.05) is 37.3 Å². The summed E-state index contributed by atoms with van der Waals surface area (Å²) in [6, 6.07) is 17.9. The molecule has 2 aromatic carbocycles. The maximum atomic E-state index is 5.24. The highest BCUT2D eigenvalue weighted by Crippen LogP contribution is 2.39. The van der Waals surface area contributed by atoms with Crippen LogP contribution in [-0.2, 0) is 0 Å². The fraction of sp³-hybridized carbons (Fsp3) is 0.333. The van der Waals surface area contributed by atoms with Crippen LogP contribution in [0.4, 0.5) is 0 Å². The largest absolute Gasteiger partial charge is 0.497 e. The minimum Gasteiger partial charge on any atom is -0.497 e. The molecular formula is C18H21NOS. The van der Waals surface area contributed by atoms with Crippen LogP contribution in [0.25, 0.3) is 0 Å². The van der Waals surface area contributed by atoms with Crippen LogP contribution in [-0.4, -0.2) is 12.9 Å². The van der Waals surface area contributed by atoms with Crippen molar-refractivity contribution < 1.29 is 4.74 Å². The molecule has 1 aliphatic heterocycles. The summed E-state index contributed by atoms with van der Waals surface area (Å²) < 4.78 is 5.24. The van der Waals surface area contributed by atoms with Gasteiger partial charge in [0.05, 0.1) is 7.11 Å². The molecule has 0 amide bonds. The van der Waals surface area contributed by atoms with Gasteiger partial charge in [0.15, 0.2) is 0 Å². The van der Waals surface area contributed by atoms with E-state index < -0.39 is 0 Å². The third kappa shape index (κ3) is 3.09. The lowest BCUT2D eigenvalue weighted by atomic mass is 10.0. The van der Waals surface area contributed by atoms with E-state index in [2.05, 4.69) is 48.6 Å². The molecule has 0 aliphatic carbocycles. The fourth-order valence-corrected chi connectivity index (χ4v) is 4.00.